The first kappa shape index (κ1) is 13.6. The maximum Gasteiger partial charge on any atom is 0.0656 e. The van der Waals surface area contributed by atoms with E-state index in [1.807, 2.05) is 0 Å². The van der Waals surface area contributed by atoms with Crippen LogP contribution in [-0.2, 0) is 0 Å². The molecule has 0 spiro atoms. The number of anilines is 3. The quantitative estimate of drug-likeness (QED) is 0.556. The molecule has 0 aliphatic heterocycles. The second-order valence-corrected chi connectivity index (χ2v) is 5.26. The maximum atomic E-state index is 6.06. The molecule has 0 aliphatic carbocycles. The Morgan fingerprint density at radius 1 is 0.778 bits per heavy atom. The predicted octanol–water partition coefficient (Wildman–Crippen LogP) is 5.63. The number of halogens is 4. The lowest BCUT2D eigenvalue weighted by molar-refractivity contribution is 1.54. The average molecular weight is 322 g/mol. The van der Waals surface area contributed by atoms with Gasteiger partial charge in [0.05, 0.1) is 32.1 Å². The van der Waals surface area contributed by atoms with Crippen molar-refractivity contribution in [3.05, 3.63) is 50.4 Å². The maximum absolute atomic E-state index is 6.06. The number of hydrogen-bond acceptors (Lipinski definition) is 2. The van der Waals surface area contributed by atoms with Crippen molar-refractivity contribution in [2.45, 2.75) is 0 Å². The summed E-state index contributed by atoms with van der Waals surface area (Å²) in [5.74, 6) is 0. The molecule has 0 bridgehead atoms. The van der Waals surface area contributed by atoms with Crippen LogP contribution in [0, 0.1) is 0 Å². The summed E-state index contributed by atoms with van der Waals surface area (Å²) in [5.41, 5.74) is 7.68. The average Bonchev–Trinajstić information content (AvgIpc) is 2.29. The zero-order valence-electron chi connectivity index (χ0n) is 8.98. The Hall–Kier alpha value is -0.800. The highest BCUT2D eigenvalue weighted by Crippen LogP contribution is 2.35. The first-order valence-corrected chi connectivity index (χ1v) is 6.45. The molecule has 2 aromatic carbocycles. The lowest BCUT2D eigenvalue weighted by atomic mass is 10.2. The van der Waals surface area contributed by atoms with Gasteiger partial charge in [-0.3, -0.25) is 0 Å². The minimum Gasteiger partial charge on any atom is -0.397 e. The summed E-state index contributed by atoms with van der Waals surface area (Å²) in [6, 6.07) is 8.34. The minimum atomic E-state index is 0.399. The van der Waals surface area contributed by atoms with Gasteiger partial charge in [-0.2, -0.15) is 0 Å². The third-order valence-corrected chi connectivity index (χ3v) is 3.56. The van der Waals surface area contributed by atoms with Gasteiger partial charge in [-0.1, -0.05) is 46.4 Å². The molecule has 2 nitrogen and oxygen atoms in total. The zero-order valence-corrected chi connectivity index (χ0v) is 12.0. The highest BCUT2D eigenvalue weighted by atomic mass is 35.5. The molecule has 0 saturated heterocycles. The Labute approximate surface area is 125 Å². The van der Waals surface area contributed by atoms with Crippen LogP contribution >= 0.6 is 46.4 Å². The van der Waals surface area contributed by atoms with Crippen molar-refractivity contribution in [2.24, 2.45) is 0 Å². The zero-order chi connectivity index (χ0) is 13.3. The summed E-state index contributed by atoms with van der Waals surface area (Å²) in [4.78, 5) is 0. The van der Waals surface area contributed by atoms with Gasteiger partial charge in [-0.05, 0) is 30.3 Å². The Morgan fingerprint density at radius 2 is 1.44 bits per heavy atom. The van der Waals surface area contributed by atoms with E-state index in [-0.39, 0.29) is 0 Å². The van der Waals surface area contributed by atoms with Crippen molar-refractivity contribution >= 4 is 63.5 Å². The molecule has 0 fully saturated rings. The molecule has 0 atom stereocenters. The SMILES string of the molecule is Nc1cc(Cl)ccc1Nc1cc(Cl)c(Cl)cc1Cl. The van der Waals surface area contributed by atoms with Crippen molar-refractivity contribution in [3.8, 4) is 0 Å². The number of rotatable bonds is 2. The molecule has 0 radical (unpaired) electrons. The van der Waals surface area contributed by atoms with Gasteiger partial charge in [0, 0.05) is 5.02 Å². The normalized spacial score (nSPS) is 10.4. The fourth-order valence-electron chi connectivity index (χ4n) is 1.41. The van der Waals surface area contributed by atoms with Crippen LogP contribution in [0.25, 0.3) is 0 Å². The number of nitrogens with one attached hydrogen (secondary N) is 1. The second kappa shape index (κ2) is 5.45. The standard InChI is InChI=1S/C12H8Cl4N2/c13-6-1-2-11(10(17)3-6)18-12-5-8(15)7(14)4-9(12)16/h1-5,18H,17H2. The Balaban J connectivity index is 2.37. The monoisotopic (exact) mass is 320 g/mol. The summed E-state index contributed by atoms with van der Waals surface area (Å²) >= 11 is 23.7. The molecular formula is C12H8Cl4N2. The molecule has 0 aromatic heterocycles. The highest BCUT2D eigenvalue weighted by molar-refractivity contribution is 6.44. The largest absolute Gasteiger partial charge is 0.397 e. The lowest BCUT2D eigenvalue weighted by Crippen LogP contribution is -1.96. The van der Waals surface area contributed by atoms with Gasteiger partial charge in [0.15, 0.2) is 0 Å². The van der Waals surface area contributed by atoms with Gasteiger partial charge in [-0.15, -0.1) is 0 Å². The number of nitrogens with two attached hydrogens (primary N) is 1. The van der Waals surface area contributed by atoms with Crippen LogP contribution in [0.2, 0.25) is 20.1 Å². The molecule has 2 aromatic rings. The minimum absolute atomic E-state index is 0.399. The summed E-state index contributed by atoms with van der Waals surface area (Å²) in [6.07, 6.45) is 0. The first-order chi connectivity index (χ1) is 8.47. The molecule has 0 amide bonds. The summed E-state index contributed by atoms with van der Waals surface area (Å²) in [5, 5.41) is 4.91. The third kappa shape index (κ3) is 2.96. The van der Waals surface area contributed by atoms with Crippen molar-refractivity contribution in [1.82, 2.24) is 0 Å². The van der Waals surface area contributed by atoms with E-state index in [9.17, 15) is 0 Å². The molecule has 2 rings (SSSR count). The van der Waals surface area contributed by atoms with E-state index in [0.717, 1.165) is 0 Å². The second-order valence-electron chi connectivity index (χ2n) is 3.60. The van der Waals surface area contributed by atoms with Gasteiger partial charge < -0.3 is 11.1 Å². The summed E-state index contributed by atoms with van der Waals surface area (Å²) in [6.45, 7) is 0. The molecular weight excluding hydrogens is 314 g/mol. The summed E-state index contributed by atoms with van der Waals surface area (Å²) < 4.78 is 0. The molecule has 0 heterocycles. The predicted molar refractivity (Wildman–Crippen MR) is 80.6 cm³/mol. The topological polar surface area (TPSA) is 38.0 Å². The van der Waals surface area contributed by atoms with Crippen LogP contribution in [-0.4, -0.2) is 0 Å². The molecule has 0 aliphatic rings. The fraction of sp³-hybridized carbons (Fsp3) is 0. The van der Waals surface area contributed by atoms with E-state index in [1.54, 1.807) is 30.3 Å². The van der Waals surface area contributed by atoms with E-state index in [0.29, 0.717) is 37.2 Å². The third-order valence-electron chi connectivity index (χ3n) is 2.29. The van der Waals surface area contributed by atoms with Crippen molar-refractivity contribution in [1.29, 1.82) is 0 Å². The number of nitrogen functional groups attached to an aromatic ring is 1. The molecule has 18 heavy (non-hydrogen) atoms. The summed E-state index contributed by atoms with van der Waals surface area (Å²) in [7, 11) is 0. The van der Waals surface area contributed by atoms with E-state index in [1.165, 1.54) is 0 Å². The van der Waals surface area contributed by atoms with Gasteiger partial charge >= 0.3 is 0 Å². The van der Waals surface area contributed by atoms with Crippen molar-refractivity contribution in [3.63, 3.8) is 0 Å². The van der Waals surface area contributed by atoms with E-state index in [2.05, 4.69) is 5.32 Å². The van der Waals surface area contributed by atoms with Crippen LogP contribution in [0.4, 0.5) is 17.1 Å². The van der Waals surface area contributed by atoms with Gasteiger partial charge in [0.25, 0.3) is 0 Å². The van der Waals surface area contributed by atoms with E-state index < -0.39 is 0 Å². The Kier molecular flexibility index (Phi) is 4.13. The van der Waals surface area contributed by atoms with Crippen LogP contribution < -0.4 is 11.1 Å². The van der Waals surface area contributed by atoms with Gasteiger partial charge in [0.2, 0.25) is 0 Å². The smallest absolute Gasteiger partial charge is 0.0656 e. The van der Waals surface area contributed by atoms with Gasteiger partial charge in [-0.25, -0.2) is 0 Å². The number of hydrogen-bond donors (Lipinski definition) is 2. The first-order valence-electron chi connectivity index (χ1n) is 4.94. The lowest BCUT2D eigenvalue weighted by Gasteiger charge is -2.12. The molecule has 0 saturated carbocycles. The van der Waals surface area contributed by atoms with Gasteiger partial charge in [0.1, 0.15) is 0 Å². The Morgan fingerprint density at radius 3 is 2.11 bits per heavy atom. The molecule has 0 unspecified atom stereocenters. The van der Waals surface area contributed by atoms with Crippen molar-refractivity contribution in [2.75, 3.05) is 11.1 Å². The highest BCUT2D eigenvalue weighted by Gasteiger charge is 2.08. The van der Waals surface area contributed by atoms with E-state index >= 15 is 0 Å². The van der Waals surface area contributed by atoms with Crippen LogP contribution in [0.15, 0.2) is 30.3 Å². The van der Waals surface area contributed by atoms with E-state index in [4.69, 9.17) is 52.1 Å². The molecule has 3 N–H and O–H groups in total. The van der Waals surface area contributed by atoms with Crippen LogP contribution in [0.5, 0.6) is 0 Å². The Bertz CT molecular complexity index is 599. The fourth-order valence-corrected chi connectivity index (χ4v) is 2.19. The number of benzene rings is 2. The van der Waals surface area contributed by atoms with Crippen LogP contribution in [0.3, 0.4) is 0 Å². The van der Waals surface area contributed by atoms with Crippen molar-refractivity contribution < 1.29 is 0 Å². The molecule has 6 heteroatoms. The van der Waals surface area contributed by atoms with Crippen LogP contribution in [0.1, 0.15) is 0 Å². The molecule has 94 valence electrons.